The third-order valence-electron chi connectivity index (χ3n) is 5.41. The maximum absolute atomic E-state index is 12.5. The third-order valence-corrected chi connectivity index (χ3v) is 5.41. The molecule has 2 aromatic rings. The molecule has 0 aromatic heterocycles. The Morgan fingerprint density at radius 1 is 1.10 bits per heavy atom. The van der Waals surface area contributed by atoms with Crippen LogP contribution in [0.5, 0.6) is 5.75 Å². The molecule has 160 valence electrons. The highest BCUT2D eigenvalue weighted by molar-refractivity contribution is 6.01. The first-order valence-corrected chi connectivity index (χ1v) is 10.6. The van der Waals surface area contributed by atoms with E-state index in [0.29, 0.717) is 22.9 Å². The minimum atomic E-state index is -0.334. The van der Waals surface area contributed by atoms with E-state index in [1.807, 2.05) is 24.3 Å². The first-order chi connectivity index (χ1) is 15.0. The molecule has 0 saturated heterocycles. The van der Waals surface area contributed by atoms with E-state index in [2.05, 4.69) is 17.6 Å². The Hall–Kier alpha value is -3.59. The van der Waals surface area contributed by atoms with Gasteiger partial charge in [0.1, 0.15) is 17.4 Å². The van der Waals surface area contributed by atoms with Gasteiger partial charge in [-0.1, -0.05) is 50.1 Å². The molecule has 0 radical (unpaired) electrons. The Labute approximate surface area is 182 Å². The Morgan fingerprint density at radius 2 is 1.81 bits per heavy atom. The zero-order valence-electron chi connectivity index (χ0n) is 17.6. The predicted molar refractivity (Wildman–Crippen MR) is 120 cm³/mol. The number of para-hydroxylation sites is 1. The molecule has 2 amide bonds. The second-order valence-corrected chi connectivity index (χ2v) is 7.78. The lowest BCUT2D eigenvalue weighted by atomic mass is 9.86. The number of nitriles is 1. The fraction of sp³-hybridized carbons (Fsp3) is 0.320. The third kappa shape index (κ3) is 6.71. The Bertz CT molecular complexity index is 962. The van der Waals surface area contributed by atoms with Gasteiger partial charge in [0.05, 0.1) is 0 Å². The number of anilines is 1. The average Bonchev–Trinajstić information content (AvgIpc) is 2.79. The van der Waals surface area contributed by atoms with Gasteiger partial charge in [-0.2, -0.15) is 5.26 Å². The average molecular weight is 418 g/mol. The smallest absolute Gasteiger partial charge is 0.262 e. The number of rotatable bonds is 7. The molecule has 31 heavy (non-hydrogen) atoms. The Balaban J connectivity index is 1.54. The molecular formula is C25H27N3O3. The summed E-state index contributed by atoms with van der Waals surface area (Å²) >= 11 is 0. The van der Waals surface area contributed by atoms with Crippen LogP contribution >= 0.6 is 0 Å². The highest BCUT2D eigenvalue weighted by Gasteiger charge is 2.24. The molecule has 0 aliphatic heterocycles. The van der Waals surface area contributed by atoms with Crippen LogP contribution in [0.25, 0.3) is 6.08 Å². The lowest BCUT2D eigenvalue weighted by Crippen LogP contribution is -2.41. The zero-order valence-corrected chi connectivity index (χ0v) is 17.6. The lowest BCUT2D eigenvalue weighted by Gasteiger charge is -2.29. The topological polar surface area (TPSA) is 91.2 Å². The molecule has 0 unspecified atom stereocenters. The van der Waals surface area contributed by atoms with E-state index in [1.54, 1.807) is 42.5 Å². The van der Waals surface area contributed by atoms with Gasteiger partial charge in [-0.25, -0.2) is 0 Å². The van der Waals surface area contributed by atoms with E-state index in [9.17, 15) is 14.9 Å². The molecule has 6 heteroatoms. The van der Waals surface area contributed by atoms with E-state index in [4.69, 9.17) is 4.74 Å². The molecule has 0 heterocycles. The van der Waals surface area contributed by atoms with Crippen LogP contribution < -0.4 is 15.4 Å². The molecular weight excluding hydrogens is 390 g/mol. The molecule has 2 atom stereocenters. The first-order valence-electron chi connectivity index (χ1n) is 10.6. The number of hydrogen-bond donors (Lipinski definition) is 2. The first kappa shape index (κ1) is 22.1. The number of carbonyl (C=O) groups excluding carboxylic acids is 2. The highest BCUT2D eigenvalue weighted by Crippen LogP contribution is 2.24. The number of carbonyl (C=O) groups is 2. The van der Waals surface area contributed by atoms with E-state index < -0.39 is 0 Å². The van der Waals surface area contributed by atoms with Crippen LogP contribution in [-0.2, 0) is 9.59 Å². The molecule has 0 spiro atoms. The maximum atomic E-state index is 12.5. The van der Waals surface area contributed by atoms with Crippen molar-refractivity contribution in [3.8, 4) is 11.8 Å². The predicted octanol–water partition coefficient (Wildman–Crippen LogP) is 4.31. The molecule has 0 bridgehead atoms. The van der Waals surface area contributed by atoms with Crippen LogP contribution in [0.2, 0.25) is 0 Å². The Kier molecular flexibility index (Phi) is 7.83. The second-order valence-electron chi connectivity index (χ2n) is 7.78. The fourth-order valence-corrected chi connectivity index (χ4v) is 3.62. The van der Waals surface area contributed by atoms with E-state index >= 15 is 0 Å². The molecule has 1 aliphatic rings. The number of nitrogens with zero attached hydrogens (tertiary/aromatic N) is 1. The van der Waals surface area contributed by atoms with E-state index in [-0.39, 0.29) is 30.0 Å². The van der Waals surface area contributed by atoms with Gasteiger partial charge in [0, 0.05) is 11.7 Å². The van der Waals surface area contributed by atoms with Gasteiger partial charge in [0.25, 0.3) is 11.8 Å². The van der Waals surface area contributed by atoms with Crippen LogP contribution in [0.15, 0.2) is 60.2 Å². The van der Waals surface area contributed by atoms with Crippen LogP contribution in [0.3, 0.4) is 0 Å². The molecule has 1 saturated carbocycles. The van der Waals surface area contributed by atoms with Gasteiger partial charge in [0.15, 0.2) is 6.61 Å². The maximum Gasteiger partial charge on any atom is 0.262 e. The Morgan fingerprint density at radius 3 is 2.48 bits per heavy atom. The lowest BCUT2D eigenvalue weighted by molar-refractivity contribution is -0.119. The van der Waals surface area contributed by atoms with Crippen molar-refractivity contribution in [2.75, 3.05) is 11.9 Å². The number of ether oxygens (including phenoxy) is 1. The normalized spacial score (nSPS) is 18.5. The van der Waals surface area contributed by atoms with Crippen molar-refractivity contribution in [2.45, 2.75) is 38.6 Å². The summed E-state index contributed by atoms with van der Waals surface area (Å²) in [4.78, 5) is 24.5. The van der Waals surface area contributed by atoms with Crippen molar-refractivity contribution < 1.29 is 14.3 Å². The number of amides is 2. The monoisotopic (exact) mass is 417 g/mol. The fourth-order valence-electron chi connectivity index (χ4n) is 3.62. The van der Waals surface area contributed by atoms with Crippen molar-refractivity contribution in [1.82, 2.24) is 5.32 Å². The van der Waals surface area contributed by atoms with Crippen LogP contribution in [0.1, 0.15) is 38.2 Å². The van der Waals surface area contributed by atoms with Crippen molar-refractivity contribution in [3.05, 3.63) is 65.7 Å². The second kappa shape index (κ2) is 11.0. The van der Waals surface area contributed by atoms with Gasteiger partial charge in [-0.15, -0.1) is 0 Å². The van der Waals surface area contributed by atoms with Crippen LogP contribution in [0, 0.1) is 17.2 Å². The van der Waals surface area contributed by atoms with Gasteiger partial charge in [0.2, 0.25) is 0 Å². The zero-order chi connectivity index (χ0) is 22.1. The molecule has 3 rings (SSSR count). The van der Waals surface area contributed by atoms with Crippen molar-refractivity contribution in [3.63, 3.8) is 0 Å². The number of benzene rings is 2. The van der Waals surface area contributed by atoms with Crippen molar-refractivity contribution in [2.24, 2.45) is 5.92 Å². The van der Waals surface area contributed by atoms with Gasteiger partial charge in [-0.3, -0.25) is 9.59 Å². The quantitative estimate of drug-likeness (QED) is 0.519. The largest absolute Gasteiger partial charge is 0.484 e. The molecule has 2 N–H and O–H groups in total. The molecule has 6 nitrogen and oxygen atoms in total. The standard InChI is InChI=1S/C25H27N3O3/c1-18-7-5-6-10-23(18)28-25(30)20(16-26)15-19-11-13-22(14-12-19)31-17-24(29)27-21-8-3-2-4-9-21/h2-4,8-9,11-15,18,23H,5-7,10,17H2,1H3,(H,27,29)(H,28,30)/b20-15+/t18-,23-/m0/s1. The van der Waals surface area contributed by atoms with E-state index in [1.165, 1.54) is 6.42 Å². The summed E-state index contributed by atoms with van der Waals surface area (Å²) in [5, 5.41) is 15.2. The van der Waals surface area contributed by atoms with Crippen LogP contribution in [0.4, 0.5) is 5.69 Å². The minimum absolute atomic E-state index is 0.0775. The summed E-state index contributed by atoms with van der Waals surface area (Å²) < 4.78 is 5.51. The molecule has 2 aromatic carbocycles. The van der Waals surface area contributed by atoms with Crippen molar-refractivity contribution in [1.29, 1.82) is 5.26 Å². The summed E-state index contributed by atoms with van der Waals surface area (Å²) in [5.41, 5.74) is 1.50. The SMILES string of the molecule is C[C@H]1CCCC[C@@H]1NC(=O)/C(C#N)=C/c1ccc(OCC(=O)Nc2ccccc2)cc1. The van der Waals surface area contributed by atoms with Gasteiger partial charge >= 0.3 is 0 Å². The number of nitrogens with one attached hydrogen (secondary N) is 2. The van der Waals surface area contributed by atoms with Crippen LogP contribution in [-0.4, -0.2) is 24.5 Å². The summed E-state index contributed by atoms with van der Waals surface area (Å²) in [6, 6.07) is 18.2. The summed E-state index contributed by atoms with van der Waals surface area (Å²) in [6.07, 6.45) is 5.91. The highest BCUT2D eigenvalue weighted by atomic mass is 16.5. The summed E-state index contributed by atoms with van der Waals surface area (Å²) in [7, 11) is 0. The minimum Gasteiger partial charge on any atom is -0.484 e. The van der Waals surface area contributed by atoms with Gasteiger partial charge < -0.3 is 15.4 Å². The number of hydrogen-bond acceptors (Lipinski definition) is 4. The van der Waals surface area contributed by atoms with Gasteiger partial charge in [-0.05, 0) is 54.7 Å². The van der Waals surface area contributed by atoms with Crippen molar-refractivity contribution >= 4 is 23.6 Å². The molecule has 1 fully saturated rings. The molecule has 1 aliphatic carbocycles. The summed E-state index contributed by atoms with van der Waals surface area (Å²) in [6.45, 7) is 2.02. The van der Waals surface area contributed by atoms with E-state index in [0.717, 1.165) is 19.3 Å². The summed E-state index contributed by atoms with van der Waals surface area (Å²) in [5.74, 6) is 0.363.